The number of rotatable bonds is 11. The molecule has 9 heteroatoms. The number of aromatic nitrogens is 1. The number of nitrogens with one attached hydrogen (secondary N) is 1. The Morgan fingerprint density at radius 2 is 1.62 bits per heavy atom. The van der Waals surface area contributed by atoms with Crippen LogP contribution < -0.4 is 14.9 Å². The van der Waals surface area contributed by atoms with Gasteiger partial charge in [0.2, 0.25) is 5.13 Å². The Balaban J connectivity index is 1.35. The Labute approximate surface area is 235 Å². The maximum Gasteiger partial charge on any atom is 0.269 e. The number of non-ortho nitro benzene ring substituents is 1. The molecule has 0 bridgehead atoms. The zero-order valence-electron chi connectivity index (χ0n) is 21.7. The number of hydrogen-bond acceptors (Lipinski definition) is 8. The van der Waals surface area contributed by atoms with Crippen LogP contribution in [0.1, 0.15) is 18.1 Å². The van der Waals surface area contributed by atoms with Crippen molar-refractivity contribution in [1.29, 1.82) is 0 Å². The van der Waals surface area contributed by atoms with Gasteiger partial charge in [-0.3, -0.25) is 15.5 Å². The van der Waals surface area contributed by atoms with Crippen molar-refractivity contribution in [2.45, 2.75) is 13.5 Å². The Morgan fingerprint density at radius 3 is 2.33 bits per heavy atom. The normalized spacial score (nSPS) is 10.9. The highest BCUT2D eigenvalue weighted by molar-refractivity contribution is 7.19. The van der Waals surface area contributed by atoms with Crippen LogP contribution in [0.5, 0.6) is 11.5 Å². The quantitative estimate of drug-likeness (QED) is 0.102. The van der Waals surface area contributed by atoms with E-state index < -0.39 is 4.92 Å². The van der Waals surface area contributed by atoms with Gasteiger partial charge in [0.25, 0.3) is 5.69 Å². The van der Waals surface area contributed by atoms with Crippen LogP contribution in [0.15, 0.2) is 108 Å². The van der Waals surface area contributed by atoms with Gasteiger partial charge in [0.15, 0.2) is 11.5 Å². The molecule has 1 N–H and O–H groups in total. The van der Waals surface area contributed by atoms with Gasteiger partial charge < -0.3 is 9.47 Å². The van der Waals surface area contributed by atoms with Crippen LogP contribution in [0, 0.1) is 10.1 Å². The lowest BCUT2D eigenvalue weighted by Gasteiger charge is -2.12. The predicted molar refractivity (Wildman–Crippen MR) is 159 cm³/mol. The van der Waals surface area contributed by atoms with Gasteiger partial charge in [-0.05, 0) is 53.9 Å². The highest BCUT2D eigenvalue weighted by atomic mass is 32.1. The first-order valence-corrected chi connectivity index (χ1v) is 13.5. The van der Waals surface area contributed by atoms with Crippen molar-refractivity contribution in [3.05, 3.63) is 124 Å². The van der Waals surface area contributed by atoms with E-state index in [1.54, 1.807) is 18.3 Å². The number of thiazole rings is 1. The summed E-state index contributed by atoms with van der Waals surface area (Å²) >= 11 is 1.42. The molecule has 4 aromatic carbocycles. The number of benzene rings is 4. The molecule has 0 amide bonds. The predicted octanol–water partition coefficient (Wildman–Crippen LogP) is 7.81. The number of nitrogens with zero attached hydrogens (tertiary/aromatic N) is 3. The monoisotopic (exact) mass is 550 g/mol. The Morgan fingerprint density at radius 1 is 0.900 bits per heavy atom. The molecule has 5 rings (SSSR count). The van der Waals surface area contributed by atoms with Crippen LogP contribution in [0.2, 0.25) is 0 Å². The number of ether oxygens (including phenoxy) is 2. The Hall–Kier alpha value is -5.02. The molecule has 8 nitrogen and oxygen atoms in total. The average Bonchev–Trinajstić information content (AvgIpc) is 3.42. The Kier molecular flexibility index (Phi) is 8.43. The van der Waals surface area contributed by atoms with Crippen molar-refractivity contribution in [1.82, 2.24) is 4.98 Å². The summed E-state index contributed by atoms with van der Waals surface area (Å²) in [6, 6.07) is 31.9. The first-order valence-electron chi connectivity index (χ1n) is 12.6. The van der Waals surface area contributed by atoms with Gasteiger partial charge in [-0.1, -0.05) is 72.0 Å². The van der Waals surface area contributed by atoms with Crippen molar-refractivity contribution in [2.75, 3.05) is 12.0 Å². The molecule has 1 aromatic heterocycles. The second-order valence-corrected chi connectivity index (χ2v) is 9.65. The molecule has 0 fully saturated rings. The van der Waals surface area contributed by atoms with E-state index in [9.17, 15) is 10.1 Å². The lowest BCUT2D eigenvalue weighted by Crippen LogP contribution is -2.00. The molecule has 40 heavy (non-hydrogen) atoms. The topological polar surface area (TPSA) is 98.9 Å². The molecule has 200 valence electrons. The second-order valence-electron chi connectivity index (χ2n) is 8.65. The smallest absolute Gasteiger partial charge is 0.269 e. The van der Waals surface area contributed by atoms with Crippen LogP contribution in [0.3, 0.4) is 0 Å². The molecule has 1 heterocycles. The third-order valence-corrected chi connectivity index (χ3v) is 6.90. The summed E-state index contributed by atoms with van der Waals surface area (Å²) in [7, 11) is 0. The highest BCUT2D eigenvalue weighted by Gasteiger charge is 2.16. The van der Waals surface area contributed by atoms with Crippen molar-refractivity contribution < 1.29 is 14.4 Å². The zero-order chi connectivity index (χ0) is 27.7. The van der Waals surface area contributed by atoms with Gasteiger partial charge in [-0.25, -0.2) is 4.98 Å². The molecular formula is C31H26N4O4S. The minimum absolute atomic E-state index is 0.0420. The summed E-state index contributed by atoms with van der Waals surface area (Å²) in [5.74, 6) is 1.31. The molecule has 0 unspecified atom stereocenters. The van der Waals surface area contributed by atoms with E-state index in [4.69, 9.17) is 14.5 Å². The number of hydrogen-bond donors (Lipinski definition) is 1. The molecule has 0 saturated heterocycles. The van der Waals surface area contributed by atoms with E-state index >= 15 is 0 Å². The standard InChI is InChI=1S/C31H26N4O4S/c1-2-38-28-19-23(13-18-27(28)39-21-22-9-5-3-6-10-22)20-32-34-31-33-29(24-11-7-4-8-12-24)30(40-31)25-14-16-26(17-15-25)35(36)37/h3-20H,2,21H2,1H3,(H,33,34)/b32-20-. The maximum absolute atomic E-state index is 11.1. The van der Waals surface area contributed by atoms with Gasteiger partial charge in [0, 0.05) is 17.7 Å². The first kappa shape index (κ1) is 26.6. The fourth-order valence-corrected chi connectivity index (χ4v) is 4.92. The number of nitro groups is 1. The second kappa shape index (κ2) is 12.7. The number of nitro benzene ring substituents is 1. The molecule has 0 saturated carbocycles. The fourth-order valence-electron chi connectivity index (χ4n) is 3.98. The molecular weight excluding hydrogens is 524 g/mol. The molecule has 0 radical (unpaired) electrons. The highest BCUT2D eigenvalue weighted by Crippen LogP contribution is 2.39. The van der Waals surface area contributed by atoms with E-state index in [-0.39, 0.29) is 5.69 Å². The molecule has 0 aliphatic rings. The molecule has 5 aromatic rings. The lowest BCUT2D eigenvalue weighted by molar-refractivity contribution is -0.384. The van der Waals surface area contributed by atoms with Crippen molar-refractivity contribution in [2.24, 2.45) is 5.10 Å². The summed E-state index contributed by atoms with van der Waals surface area (Å²) in [6.07, 6.45) is 1.69. The third kappa shape index (κ3) is 6.51. The van der Waals surface area contributed by atoms with Gasteiger partial charge in [0.05, 0.1) is 28.3 Å². The van der Waals surface area contributed by atoms with Crippen molar-refractivity contribution in [3.8, 4) is 33.2 Å². The maximum atomic E-state index is 11.1. The minimum atomic E-state index is -0.408. The van der Waals surface area contributed by atoms with E-state index in [0.29, 0.717) is 29.8 Å². The molecule has 0 atom stereocenters. The van der Waals surface area contributed by atoms with Gasteiger partial charge in [-0.15, -0.1) is 0 Å². The van der Waals surface area contributed by atoms with Crippen molar-refractivity contribution >= 4 is 28.4 Å². The van der Waals surface area contributed by atoms with Gasteiger partial charge in [-0.2, -0.15) is 5.10 Å². The largest absolute Gasteiger partial charge is 0.490 e. The van der Waals surface area contributed by atoms with Crippen LogP contribution in [0.25, 0.3) is 21.7 Å². The fraction of sp³-hybridized carbons (Fsp3) is 0.0968. The van der Waals surface area contributed by atoms with Crippen molar-refractivity contribution in [3.63, 3.8) is 0 Å². The third-order valence-electron chi connectivity index (χ3n) is 5.89. The van der Waals surface area contributed by atoms with Crippen LogP contribution in [-0.4, -0.2) is 22.7 Å². The van der Waals surface area contributed by atoms with Gasteiger partial charge >= 0.3 is 0 Å². The zero-order valence-corrected chi connectivity index (χ0v) is 22.5. The summed E-state index contributed by atoms with van der Waals surface area (Å²) in [6.45, 7) is 2.88. The van der Waals surface area contributed by atoms with Crippen LogP contribution >= 0.6 is 11.3 Å². The first-order chi connectivity index (χ1) is 19.6. The Bertz CT molecular complexity index is 1600. The number of hydrazone groups is 1. The summed E-state index contributed by atoms with van der Waals surface area (Å²) in [4.78, 5) is 16.4. The number of anilines is 1. The molecule has 0 aliphatic carbocycles. The van der Waals surface area contributed by atoms with E-state index in [1.807, 2.05) is 85.8 Å². The lowest BCUT2D eigenvalue weighted by atomic mass is 10.1. The van der Waals surface area contributed by atoms with Gasteiger partial charge in [0.1, 0.15) is 6.61 Å². The summed E-state index contributed by atoms with van der Waals surface area (Å²) < 4.78 is 11.8. The molecule has 0 aliphatic heterocycles. The van der Waals surface area contributed by atoms with Crippen LogP contribution in [-0.2, 0) is 6.61 Å². The summed E-state index contributed by atoms with van der Waals surface area (Å²) in [5.41, 5.74) is 7.54. The SMILES string of the molecule is CCOc1cc(/C=N\Nc2nc(-c3ccccc3)c(-c3ccc([N+](=O)[O-])cc3)s2)ccc1OCc1ccccc1. The van der Waals surface area contributed by atoms with Crippen LogP contribution in [0.4, 0.5) is 10.8 Å². The molecule has 0 spiro atoms. The average molecular weight is 551 g/mol. The minimum Gasteiger partial charge on any atom is -0.490 e. The van der Waals surface area contributed by atoms with E-state index in [1.165, 1.54) is 23.5 Å². The van der Waals surface area contributed by atoms with E-state index in [2.05, 4.69) is 10.5 Å². The van der Waals surface area contributed by atoms with E-state index in [0.717, 1.165) is 32.8 Å². The summed E-state index contributed by atoms with van der Waals surface area (Å²) in [5, 5.41) is 16.1.